The van der Waals surface area contributed by atoms with Crippen LogP contribution in [0.3, 0.4) is 0 Å². The molecule has 1 unspecified atom stereocenters. The van der Waals surface area contributed by atoms with Gasteiger partial charge in [-0.3, -0.25) is 11.3 Å². The van der Waals surface area contributed by atoms with Crippen LogP contribution in [0.5, 0.6) is 0 Å². The Balaban J connectivity index is 2.15. The molecule has 0 amide bonds. The summed E-state index contributed by atoms with van der Waals surface area (Å²) in [4.78, 5) is 0. The van der Waals surface area contributed by atoms with Crippen molar-refractivity contribution >= 4 is 33.9 Å². The van der Waals surface area contributed by atoms with Gasteiger partial charge in [-0.05, 0) is 58.5 Å². The molecule has 4 heteroatoms. The van der Waals surface area contributed by atoms with Crippen LogP contribution >= 0.6 is 33.9 Å². The molecule has 2 aromatic rings. The summed E-state index contributed by atoms with van der Waals surface area (Å²) in [5, 5.41) is 2.17. The lowest BCUT2D eigenvalue weighted by Crippen LogP contribution is -2.29. The van der Waals surface area contributed by atoms with E-state index in [9.17, 15) is 0 Å². The van der Waals surface area contributed by atoms with Gasteiger partial charge < -0.3 is 0 Å². The number of halogens is 1. The van der Waals surface area contributed by atoms with Crippen molar-refractivity contribution in [1.82, 2.24) is 5.43 Å². The molecule has 0 aliphatic carbocycles. The average molecular weight is 358 g/mol. The molecule has 1 aromatic carbocycles. The molecule has 0 radical (unpaired) electrons. The van der Waals surface area contributed by atoms with Crippen LogP contribution in [-0.2, 0) is 6.42 Å². The lowest BCUT2D eigenvalue weighted by Gasteiger charge is -2.14. The van der Waals surface area contributed by atoms with E-state index in [1.165, 1.54) is 19.6 Å². The van der Waals surface area contributed by atoms with Gasteiger partial charge in [-0.2, -0.15) is 0 Å². The third-order valence-corrected chi connectivity index (χ3v) is 4.52. The van der Waals surface area contributed by atoms with Gasteiger partial charge in [0, 0.05) is 0 Å². The fourth-order valence-corrected chi connectivity index (χ4v) is 3.28. The van der Waals surface area contributed by atoms with E-state index < -0.39 is 0 Å². The largest absolute Gasteiger partial charge is 0.271 e. The molecule has 0 saturated heterocycles. The van der Waals surface area contributed by atoms with E-state index in [0.717, 1.165) is 6.42 Å². The molecule has 0 aliphatic heterocycles. The summed E-state index contributed by atoms with van der Waals surface area (Å²) < 4.78 is 1.29. The fraction of sp³-hybridized carbons (Fsp3) is 0.231. The van der Waals surface area contributed by atoms with Gasteiger partial charge in [-0.25, -0.2) is 0 Å². The molecule has 2 nitrogen and oxygen atoms in total. The summed E-state index contributed by atoms with van der Waals surface area (Å²) >= 11 is 4.09. The molecule has 0 bridgehead atoms. The van der Waals surface area contributed by atoms with Crippen molar-refractivity contribution in [3.8, 4) is 0 Å². The standard InChI is InChI=1S/C13H15IN2S/c1-9-3-2-4-10(5-9)6-12(16-15)11-7-13(14)17-8-11/h2-5,7-8,12,16H,6,15H2,1H3. The van der Waals surface area contributed by atoms with Gasteiger partial charge in [0.05, 0.1) is 8.93 Å². The van der Waals surface area contributed by atoms with Gasteiger partial charge in [-0.1, -0.05) is 29.8 Å². The zero-order valence-electron chi connectivity index (χ0n) is 9.61. The molecular formula is C13H15IN2S. The third-order valence-electron chi connectivity index (χ3n) is 2.71. The molecule has 1 heterocycles. The van der Waals surface area contributed by atoms with Crippen molar-refractivity contribution in [1.29, 1.82) is 0 Å². The average Bonchev–Trinajstić information content (AvgIpc) is 2.73. The molecule has 2 rings (SSSR count). The first-order valence-electron chi connectivity index (χ1n) is 5.44. The number of aryl methyl sites for hydroxylation is 1. The summed E-state index contributed by atoms with van der Waals surface area (Å²) in [5.41, 5.74) is 6.77. The third kappa shape index (κ3) is 3.51. The van der Waals surface area contributed by atoms with Crippen LogP contribution in [-0.4, -0.2) is 0 Å². The number of nitrogens with two attached hydrogens (primary N) is 1. The van der Waals surface area contributed by atoms with E-state index in [1.807, 2.05) is 0 Å². The Morgan fingerprint density at radius 3 is 2.82 bits per heavy atom. The van der Waals surface area contributed by atoms with Gasteiger partial charge in [0.1, 0.15) is 0 Å². The van der Waals surface area contributed by atoms with Crippen LogP contribution in [0.15, 0.2) is 35.7 Å². The van der Waals surface area contributed by atoms with Crippen LogP contribution in [0.25, 0.3) is 0 Å². The van der Waals surface area contributed by atoms with Gasteiger partial charge >= 0.3 is 0 Å². The number of thiophene rings is 1. The number of hydrogen-bond acceptors (Lipinski definition) is 3. The monoisotopic (exact) mass is 358 g/mol. The van der Waals surface area contributed by atoms with Gasteiger partial charge in [0.25, 0.3) is 0 Å². The van der Waals surface area contributed by atoms with Crippen molar-refractivity contribution in [2.24, 2.45) is 5.84 Å². The summed E-state index contributed by atoms with van der Waals surface area (Å²) in [6, 6.07) is 10.9. The Bertz CT molecular complexity index is 496. The van der Waals surface area contributed by atoms with Gasteiger partial charge in [0.2, 0.25) is 0 Å². The lowest BCUT2D eigenvalue weighted by atomic mass is 10.0. The summed E-state index contributed by atoms with van der Waals surface area (Å²) in [7, 11) is 0. The van der Waals surface area contributed by atoms with Gasteiger partial charge in [0.15, 0.2) is 0 Å². The second kappa shape index (κ2) is 5.95. The molecule has 0 saturated carbocycles. The Labute approximate surface area is 119 Å². The lowest BCUT2D eigenvalue weighted by molar-refractivity contribution is 0.553. The molecule has 90 valence electrons. The number of hydrazine groups is 1. The molecule has 1 aromatic heterocycles. The van der Waals surface area contributed by atoms with Crippen molar-refractivity contribution in [3.05, 3.63) is 55.3 Å². The molecule has 0 fully saturated rings. The molecule has 17 heavy (non-hydrogen) atoms. The maximum Gasteiger partial charge on any atom is 0.0656 e. The van der Waals surface area contributed by atoms with Crippen molar-refractivity contribution in [2.75, 3.05) is 0 Å². The normalized spacial score (nSPS) is 12.6. The van der Waals surface area contributed by atoms with E-state index in [4.69, 9.17) is 5.84 Å². The SMILES string of the molecule is Cc1cccc(CC(NN)c2csc(I)c2)c1. The molecular weight excluding hydrogens is 343 g/mol. The second-order valence-electron chi connectivity index (χ2n) is 4.10. The smallest absolute Gasteiger partial charge is 0.0656 e. The number of nitrogens with one attached hydrogen (secondary N) is 1. The molecule has 0 aliphatic rings. The minimum absolute atomic E-state index is 0.191. The summed E-state index contributed by atoms with van der Waals surface area (Å²) in [6.07, 6.45) is 0.922. The van der Waals surface area contributed by atoms with Crippen LogP contribution in [0.4, 0.5) is 0 Å². The zero-order chi connectivity index (χ0) is 12.3. The number of hydrogen-bond donors (Lipinski definition) is 2. The zero-order valence-corrected chi connectivity index (χ0v) is 12.6. The van der Waals surface area contributed by atoms with Crippen LogP contribution in [0.2, 0.25) is 0 Å². The highest BCUT2D eigenvalue weighted by Gasteiger charge is 2.12. The molecule has 1 atom stereocenters. The first-order valence-corrected chi connectivity index (χ1v) is 7.40. The first-order chi connectivity index (χ1) is 8.19. The predicted molar refractivity (Wildman–Crippen MR) is 82.0 cm³/mol. The summed E-state index contributed by atoms with van der Waals surface area (Å²) in [6.45, 7) is 2.11. The van der Waals surface area contributed by atoms with E-state index in [0.29, 0.717) is 0 Å². The topological polar surface area (TPSA) is 38.0 Å². The van der Waals surface area contributed by atoms with E-state index in [1.54, 1.807) is 11.3 Å². The highest BCUT2D eigenvalue weighted by molar-refractivity contribution is 14.1. The quantitative estimate of drug-likeness (QED) is 0.499. The van der Waals surface area contributed by atoms with Gasteiger partial charge in [-0.15, -0.1) is 11.3 Å². The molecule has 3 N–H and O–H groups in total. The van der Waals surface area contributed by atoms with E-state index in [-0.39, 0.29) is 6.04 Å². The fourth-order valence-electron chi connectivity index (χ4n) is 1.85. The Kier molecular flexibility index (Phi) is 4.55. The molecule has 0 spiro atoms. The second-order valence-corrected chi connectivity index (χ2v) is 6.90. The summed E-state index contributed by atoms with van der Waals surface area (Å²) in [5.74, 6) is 5.65. The minimum atomic E-state index is 0.191. The van der Waals surface area contributed by atoms with Crippen LogP contribution in [0, 0.1) is 9.81 Å². The Morgan fingerprint density at radius 1 is 1.41 bits per heavy atom. The number of benzene rings is 1. The first kappa shape index (κ1) is 13.0. The predicted octanol–water partition coefficient (Wildman–Crippen LogP) is 3.41. The van der Waals surface area contributed by atoms with Crippen LogP contribution < -0.4 is 11.3 Å². The van der Waals surface area contributed by atoms with Crippen molar-refractivity contribution in [2.45, 2.75) is 19.4 Å². The highest BCUT2D eigenvalue weighted by Crippen LogP contribution is 2.24. The van der Waals surface area contributed by atoms with E-state index in [2.05, 4.69) is 70.7 Å². The minimum Gasteiger partial charge on any atom is -0.271 e. The van der Waals surface area contributed by atoms with Crippen molar-refractivity contribution < 1.29 is 0 Å². The van der Waals surface area contributed by atoms with E-state index >= 15 is 0 Å². The van der Waals surface area contributed by atoms with Crippen molar-refractivity contribution in [3.63, 3.8) is 0 Å². The van der Waals surface area contributed by atoms with Crippen LogP contribution in [0.1, 0.15) is 22.7 Å². The number of rotatable bonds is 4. The highest BCUT2D eigenvalue weighted by atomic mass is 127. The maximum atomic E-state index is 5.65. The Morgan fingerprint density at radius 2 is 2.24 bits per heavy atom. The Hall–Kier alpha value is -0.430. The maximum absolute atomic E-state index is 5.65.